The van der Waals surface area contributed by atoms with Gasteiger partial charge in [0.15, 0.2) is 5.78 Å². The lowest BCUT2D eigenvalue weighted by atomic mass is 10.2. The van der Waals surface area contributed by atoms with Crippen LogP contribution in [0.2, 0.25) is 0 Å². The Morgan fingerprint density at radius 2 is 2.06 bits per heavy atom. The summed E-state index contributed by atoms with van der Waals surface area (Å²) in [4.78, 5) is 18.9. The molecule has 0 N–H and O–H groups in total. The van der Waals surface area contributed by atoms with Crippen molar-refractivity contribution >= 4 is 17.1 Å². The molecule has 1 aromatic heterocycles. The van der Waals surface area contributed by atoms with E-state index < -0.39 is 0 Å². The molecule has 16 heavy (non-hydrogen) atoms. The van der Waals surface area contributed by atoms with Crippen molar-refractivity contribution in [1.29, 1.82) is 0 Å². The van der Waals surface area contributed by atoms with Crippen molar-refractivity contribution in [2.75, 3.05) is 14.1 Å². The minimum Gasteiger partial charge on any atom is -0.383 e. The van der Waals surface area contributed by atoms with E-state index in [-0.39, 0.29) is 5.78 Å². The molecule has 3 nitrogen and oxygen atoms in total. The van der Waals surface area contributed by atoms with Crippen molar-refractivity contribution < 1.29 is 4.79 Å². The third-order valence-electron chi connectivity index (χ3n) is 2.05. The Hall–Kier alpha value is -1.16. The summed E-state index contributed by atoms with van der Waals surface area (Å²) < 4.78 is 0. The topological polar surface area (TPSA) is 33.2 Å². The fraction of sp³-hybridized carbons (Fsp3) is 0.500. The van der Waals surface area contributed by atoms with Crippen LogP contribution in [0.3, 0.4) is 0 Å². The normalized spacial score (nSPS) is 11.4. The highest BCUT2D eigenvalue weighted by Crippen LogP contribution is 2.25. The number of hydrogen-bond donors (Lipinski definition) is 0. The Morgan fingerprint density at radius 3 is 2.50 bits per heavy atom. The van der Waals surface area contributed by atoms with E-state index >= 15 is 0 Å². The Labute approximate surface area is 101 Å². The number of aryl methyl sites for hydroxylation is 1. The minimum atomic E-state index is 0.0376. The minimum absolute atomic E-state index is 0.0376. The number of allylic oxidation sites excluding steroid dienone is 1. The fourth-order valence-corrected chi connectivity index (χ4v) is 2.17. The van der Waals surface area contributed by atoms with Crippen LogP contribution in [0, 0.1) is 6.92 Å². The van der Waals surface area contributed by atoms with E-state index in [9.17, 15) is 4.79 Å². The molecule has 0 saturated heterocycles. The van der Waals surface area contributed by atoms with Gasteiger partial charge in [0.05, 0.1) is 15.6 Å². The van der Waals surface area contributed by atoms with Crippen LogP contribution in [-0.2, 0) is 0 Å². The van der Waals surface area contributed by atoms with Crippen LogP contribution in [0.1, 0.15) is 40.1 Å². The van der Waals surface area contributed by atoms with E-state index in [1.54, 1.807) is 12.3 Å². The first-order valence-corrected chi connectivity index (χ1v) is 6.09. The van der Waals surface area contributed by atoms with Gasteiger partial charge in [0, 0.05) is 32.3 Å². The zero-order valence-electron chi connectivity index (χ0n) is 10.4. The Morgan fingerprint density at radius 1 is 1.44 bits per heavy atom. The molecule has 0 radical (unpaired) electrons. The fourth-order valence-electron chi connectivity index (χ4n) is 1.19. The van der Waals surface area contributed by atoms with Gasteiger partial charge in [-0.15, -0.1) is 11.3 Å². The summed E-state index contributed by atoms with van der Waals surface area (Å²) in [6.45, 7) is 6.06. The zero-order chi connectivity index (χ0) is 12.3. The molecule has 0 aromatic carbocycles. The Bertz CT molecular complexity index is 405. The van der Waals surface area contributed by atoms with Gasteiger partial charge in [-0.25, -0.2) is 4.98 Å². The summed E-state index contributed by atoms with van der Waals surface area (Å²) >= 11 is 1.50. The molecule has 1 rings (SSSR count). The zero-order valence-corrected chi connectivity index (χ0v) is 11.3. The molecule has 4 heteroatoms. The Balaban J connectivity index is 2.92. The number of nitrogens with zero attached hydrogens (tertiary/aromatic N) is 2. The lowest BCUT2D eigenvalue weighted by Crippen LogP contribution is -2.02. The highest BCUT2D eigenvalue weighted by molar-refractivity contribution is 7.14. The summed E-state index contributed by atoms with van der Waals surface area (Å²) in [5.41, 5.74) is 0.835. The van der Waals surface area contributed by atoms with Gasteiger partial charge in [-0.2, -0.15) is 0 Å². The predicted molar refractivity (Wildman–Crippen MR) is 68.1 cm³/mol. The molecule has 0 amide bonds. The predicted octanol–water partition coefficient (Wildman–Crippen LogP) is 2.83. The largest absolute Gasteiger partial charge is 0.383 e. The van der Waals surface area contributed by atoms with E-state index in [2.05, 4.69) is 18.8 Å². The standard InChI is InChI=1S/C12H18N2OS/c1-8(2)12-13-9(3)11(16-12)10(15)6-7-14(4)5/h6-8H,1-5H3/b7-6+. The van der Waals surface area contributed by atoms with Gasteiger partial charge in [-0.05, 0) is 6.92 Å². The van der Waals surface area contributed by atoms with Crippen molar-refractivity contribution in [2.45, 2.75) is 26.7 Å². The maximum absolute atomic E-state index is 11.9. The number of hydrogen-bond acceptors (Lipinski definition) is 4. The van der Waals surface area contributed by atoms with Crippen molar-refractivity contribution in [3.8, 4) is 0 Å². The van der Waals surface area contributed by atoms with Crippen LogP contribution in [0.25, 0.3) is 0 Å². The van der Waals surface area contributed by atoms with E-state index in [1.807, 2.05) is 25.9 Å². The molecule has 0 aliphatic carbocycles. The van der Waals surface area contributed by atoms with Crippen LogP contribution in [0.15, 0.2) is 12.3 Å². The molecule has 1 aromatic rings. The van der Waals surface area contributed by atoms with E-state index in [4.69, 9.17) is 0 Å². The molecule has 88 valence electrons. The monoisotopic (exact) mass is 238 g/mol. The van der Waals surface area contributed by atoms with E-state index in [0.717, 1.165) is 15.6 Å². The molecular formula is C12H18N2OS. The second-order valence-corrected chi connectivity index (χ2v) is 5.30. The lowest BCUT2D eigenvalue weighted by Gasteiger charge is -2.01. The quantitative estimate of drug-likeness (QED) is 0.597. The first kappa shape index (κ1) is 12.9. The number of ketones is 1. The number of carbonyl (C=O) groups excluding carboxylic acids is 1. The van der Waals surface area contributed by atoms with Gasteiger partial charge in [0.2, 0.25) is 0 Å². The molecule has 0 aliphatic heterocycles. The van der Waals surface area contributed by atoms with Gasteiger partial charge in [-0.3, -0.25) is 4.79 Å². The highest BCUT2D eigenvalue weighted by Gasteiger charge is 2.14. The van der Waals surface area contributed by atoms with Crippen molar-refractivity contribution in [3.05, 3.63) is 27.9 Å². The molecule has 1 heterocycles. The Kier molecular flexibility index (Phi) is 4.24. The van der Waals surface area contributed by atoms with Gasteiger partial charge >= 0.3 is 0 Å². The van der Waals surface area contributed by atoms with E-state index in [0.29, 0.717) is 5.92 Å². The highest BCUT2D eigenvalue weighted by atomic mass is 32.1. The molecule has 0 bridgehead atoms. The average Bonchev–Trinajstić information content (AvgIpc) is 2.57. The summed E-state index contributed by atoms with van der Waals surface area (Å²) in [7, 11) is 3.78. The molecule has 0 saturated carbocycles. The number of thiazole rings is 1. The van der Waals surface area contributed by atoms with Gasteiger partial charge in [0.25, 0.3) is 0 Å². The van der Waals surface area contributed by atoms with Crippen LogP contribution < -0.4 is 0 Å². The maximum atomic E-state index is 11.9. The van der Waals surface area contributed by atoms with Gasteiger partial charge < -0.3 is 4.90 Å². The average molecular weight is 238 g/mol. The van der Waals surface area contributed by atoms with Crippen LogP contribution >= 0.6 is 11.3 Å². The first-order chi connectivity index (χ1) is 7.41. The number of aromatic nitrogens is 1. The number of rotatable bonds is 4. The SMILES string of the molecule is Cc1nc(C(C)C)sc1C(=O)/C=C/N(C)C. The van der Waals surface area contributed by atoms with Crippen molar-refractivity contribution in [3.63, 3.8) is 0 Å². The summed E-state index contributed by atoms with van der Waals surface area (Å²) in [6, 6.07) is 0. The van der Waals surface area contributed by atoms with Crippen LogP contribution in [0.5, 0.6) is 0 Å². The summed E-state index contributed by atoms with van der Waals surface area (Å²) in [6.07, 6.45) is 3.35. The molecule has 0 unspecified atom stereocenters. The molecule has 0 fully saturated rings. The summed E-state index contributed by atoms with van der Waals surface area (Å²) in [5, 5.41) is 1.03. The molecular weight excluding hydrogens is 220 g/mol. The maximum Gasteiger partial charge on any atom is 0.199 e. The lowest BCUT2D eigenvalue weighted by molar-refractivity contribution is 0.104. The van der Waals surface area contributed by atoms with E-state index in [1.165, 1.54) is 11.3 Å². The molecule has 0 spiro atoms. The van der Waals surface area contributed by atoms with Gasteiger partial charge in [0.1, 0.15) is 0 Å². The molecule has 0 aliphatic rings. The van der Waals surface area contributed by atoms with Crippen LogP contribution in [-0.4, -0.2) is 29.8 Å². The van der Waals surface area contributed by atoms with Gasteiger partial charge in [-0.1, -0.05) is 13.8 Å². The second-order valence-electron chi connectivity index (χ2n) is 4.26. The van der Waals surface area contributed by atoms with Crippen molar-refractivity contribution in [1.82, 2.24) is 9.88 Å². The van der Waals surface area contributed by atoms with Crippen LogP contribution in [0.4, 0.5) is 0 Å². The third kappa shape index (κ3) is 3.17. The summed E-state index contributed by atoms with van der Waals surface area (Å²) in [5.74, 6) is 0.415. The molecule has 0 atom stereocenters. The second kappa shape index (κ2) is 5.25. The first-order valence-electron chi connectivity index (χ1n) is 5.28. The third-order valence-corrected chi connectivity index (χ3v) is 3.53. The number of carbonyl (C=O) groups is 1. The smallest absolute Gasteiger partial charge is 0.199 e. The van der Waals surface area contributed by atoms with Crippen molar-refractivity contribution in [2.24, 2.45) is 0 Å².